The SMILES string of the molecule is [Br-].[NH3+][C@@H](Cc1ccccc1)Cc1nnnn1CC(=O)OCc1ccccc1. The van der Waals surface area contributed by atoms with Crippen LogP contribution in [0.3, 0.4) is 0 Å². The minimum absolute atomic E-state index is 0. The van der Waals surface area contributed by atoms with E-state index in [0.717, 1.165) is 12.0 Å². The van der Waals surface area contributed by atoms with Crippen LogP contribution in [0.4, 0.5) is 0 Å². The standard InChI is InChI=1S/C19H21N5O2.BrH/c20-17(11-15-7-3-1-4-8-15)12-18-21-22-23-24(18)13-19(25)26-14-16-9-5-2-6-10-16;/h1-10,17H,11-14,20H2;1H/t17-;/m0./s1. The zero-order valence-corrected chi connectivity index (χ0v) is 16.5. The first-order valence-electron chi connectivity index (χ1n) is 8.52. The topological polar surface area (TPSA) is 97.5 Å². The van der Waals surface area contributed by atoms with E-state index in [-0.39, 0.29) is 42.1 Å². The summed E-state index contributed by atoms with van der Waals surface area (Å²) in [6.07, 6.45) is 1.42. The van der Waals surface area contributed by atoms with E-state index in [1.54, 1.807) is 0 Å². The van der Waals surface area contributed by atoms with Gasteiger partial charge < -0.3 is 27.5 Å². The van der Waals surface area contributed by atoms with E-state index in [1.807, 2.05) is 48.5 Å². The number of hydrogen-bond acceptors (Lipinski definition) is 5. The molecule has 1 atom stereocenters. The third kappa shape index (κ3) is 6.58. The molecule has 142 valence electrons. The van der Waals surface area contributed by atoms with Crippen LogP contribution < -0.4 is 22.7 Å². The first-order valence-corrected chi connectivity index (χ1v) is 8.52. The van der Waals surface area contributed by atoms with E-state index >= 15 is 0 Å². The highest BCUT2D eigenvalue weighted by Gasteiger charge is 2.17. The zero-order valence-electron chi connectivity index (χ0n) is 14.9. The summed E-state index contributed by atoms with van der Waals surface area (Å²) in [5.41, 5.74) is 6.34. The van der Waals surface area contributed by atoms with E-state index in [0.29, 0.717) is 12.2 Å². The maximum absolute atomic E-state index is 12.1. The normalized spacial score (nSPS) is 11.4. The minimum atomic E-state index is -0.369. The van der Waals surface area contributed by atoms with Gasteiger partial charge in [0.1, 0.15) is 13.2 Å². The number of nitrogens with zero attached hydrogens (tertiary/aromatic N) is 4. The molecule has 0 aliphatic carbocycles. The fourth-order valence-electron chi connectivity index (χ4n) is 2.68. The van der Waals surface area contributed by atoms with Crippen LogP contribution in [0.25, 0.3) is 0 Å². The predicted molar refractivity (Wildman–Crippen MR) is 94.6 cm³/mol. The summed E-state index contributed by atoms with van der Waals surface area (Å²) in [5.74, 6) is 0.267. The minimum Gasteiger partial charge on any atom is -1.00 e. The fourth-order valence-corrected chi connectivity index (χ4v) is 2.68. The molecule has 1 aromatic heterocycles. The number of hydrogen-bond donors (Lipinski definition) is 1. The van der Waals surface area contributed by atoms with Gasteiger partial charge in [-0.3, -0.25) is 4.79 Å². The molecule has 27 heavy (non-hydrogen) atoms. The van der Waals surface area contributed by atoms with Crippen molar-refractivity contribution in [3.63, 3.8) is 0 Å². The van der Waals surface area contributed by atoms with Gasteiger partial charge in [-0.1, -0.05) is 60.7 Å². The molecule has 0 saturated heterocycles. The molecular formula is C19H22BrN5O2. The van der Waals surface area contributed by atoms with Crippen LogP contribution in [0.5, 0.6) is 0 Å². The Bertz CT molecular complexity index is 826. The average Bonchev–Trinajstić information content (AvgIpc) is 3.08. The van der Waals surface area contributed by atoms with Crippen LogP contribution in [-0.2, 0) is 35.5 Å². The highest BCUT2D eigenvalue weighted by Crippen LogP contribution is 2.06. The molecule has 0 fully saturated rings. The largest absolute Gasteiger partial charge is 1.00 e. The van der Waals surface area contributed by atoms with Crippen LogP contribution in [0.1, 0.15) is 17.0 Å². The number of carbonyl (C=O) groups is 1. The van der Waals surface area contributed by atoms with E-state index in [9.17, 15) is 4.79 Å². The Morgan fingerprint density at radius 1 is 1.00 bits per heavy atom. The Morgan fingerprint density at radius 2 is 1.63 bits per heavy atom. The number of tetrazole rings is 1. The molecule has 7 nitrogen and oxygen atoms in total. The molecule has 0 unspecified atom stereocenters. The Labute approximate surface area is 168 Å². The lowest BCUT2D eigenvalue weighted by atomic mass is 10.0. The van der Waals surface area contributed by atoms with Crippen molar-refractivity contribution in [1.82, 2.24) is 20.2 Å². The van der Waals surface area contributed by atoms with E-state index in [2.05, 4.69) is 33.4 Å². The summed E-state index contributed by atoms with van der Waals surface area (Å²) >= 11 is 0. The van der Waals surface area contributed by atoms with Gasteiger partial charge in [-0.25, -0.2) is 4.68 Å². The van der Waals surface area contributed by atoms with Gasteiger partial charge in [0, 0.05) is 6.42 Å². The lowest BCUT2D eigenvalue weighted by Crippen LogP contribution is -3.00. The highest BCUT2D eigenvalue weighted by molar-refractivity contribution is 5.69. The maximum Gasteiger partial charge on any atom is 0.328 e. The summed E-state index contributed by atoms with van der Waals surface area (Å²) < 4.78 is 6.77. The summed E-state index contributed by atoms with van der Waals surface area (Å²) in [4.78, 5) is 12.1. The van der Waals surface area contributed by atoms with Crippen molar-refractivity contribution in [3.05, 3.63) is 77.6 Å². The number of rotatable bonds is 8. The van der Waals surface area contributed by atoms with Gasteiger partial charge >= 0.3 is 5.97 Å². The number of esters is 1. The Balaban J connectivity index is 0.00000261. The number of carbonyl (C=O) groups excluding carboxylic acids is 1. The maximum atomic E-state index is 12.1. The van der Waals surface area contributed by atoms with Crippen LogP contribution in [0.15, 0.2) is 60.7 Å². The van der Waals surface area contributed by atoms with Crippen molar-refractivity contribution >= 4 is 5.97 Å². The molecule has 1 heterocycles. The van der Waals surface area contributed by atoms with Gasteiger partial charge in [0.05, 0.1) is 12.5 Å². The quantitative estimate of drug-likeness (QED) is 0.408. The van der Waals surface area contributed by atoms with Gasteiger partial charge in [0.15, 0.2) is 5.82 Å². The zero-order chi connectivity index (χ0) is 18.2. The van der Waals surface area contributed by atoms with Gasteiger partial charge in [-0.05, 0) is 21.6 Å². The number of benzene rings is 2. The van der Waals surface area contributed by atoms with E-state index < -0.39 is 0 Å². The first-order chi connectivity index (χ1) is 12.7. The van der Waals surface area contributed by atoms with Crippen molar-refractivity contribution in [2.45, 2.75) is 32.0 Å². The van der Waals surface area contributed by atoms with Gasteiger partial charge in [0.25, 0.3) is 0 Å². The van der Waals surface area contributed by atoms with Crippen molar-refractivity contribution in [1.29, 1.82) is 0 Å². The molecule has 2 aromatic carbocycles. The molecule has 0 spiro atoms. The lowest BCUT2D eigenvalue weighted by Gasteiger charge is -2.09. The molecule has 0 aliphatic heterocycles. The first kappa shape index (κ1) is 20.7. The molecular weight excluding hydrogens is 410 g/mol. The van der Waals surface area contributed by atoms with Crippen LogP contribution >= 0.6 is 0 Å². The number of aromatic nitrogens is 4. The Morgan fingerprint density at radius 3 is 2.30 bits per heavy atom. The second-order valence-electron chi connectivity index (χ2n) is 6.16. The molecule has 3 N–H and O–H groups in total. The fraction of sp³-hybridized carbons (Fsp3) is 0.263. The summed E-state index contributed by atoms with van der Waals surface area (Å²) in [6, 6.07) is 19.8. The number of ether oxygens (including phenoxy) is 1. The van der Waals surface area contributed by atoms with Gasteiger partial charge in [-0.15, -0.1) is 5.10 Å². The summed E-state index contributed by atoms with van der Waals surface area (Å²) in [7, 11) is 0. The smallest absolute Gasteiger partial charge is 0.328 e. The Hall–Kier alpha value is -2.58. The summed E-state index contributed by atoms with van der Waals surface area (Å²) in [6.45, 7) is 0.232. The molecule has 3 rings (SSSR count). The molecule has 3 aromatic rings. The van der Waals surface area contributed by atoms with E-state index in [1.165, 1.54) is 10.2 Å². The van der Waals surface area contributed by atoms with Crippen LogP contribution in [-0.4, -0.2) is 32.2 Å². The van der Waals surface area contributed by atoms with Crippen molar-refractivity contribution in [3.8, 4) is 0 Å². The Kier molecular flexibility index (Phi) is 8.09. The molecule has 8 heteroatoms. The van der Waals surface area contributed by atoms with Crippen molar-refractivity contribution in [2.24, 2.45) is 0 Å². The molecule has 0 saturated carbocycles. The van der Waals surface area contributed by atoms with E-state index in [4.69, 9.17) is 4.74 Å². The van der Waals surface area contributed by atoms with Gasteiger partial charge in [-0.2, -0.15) is 0 Å². The molecule has 0 radical (unpaired) electrons. The predicted octanol–water partition coefficient (Wildman–Crippen LogP) is -2.18. The number of quaternary nitrogens is 1. The van der Waals surface area contributed by atoms with Crippen molar-refractivity contribution < 1.29 is 32.2 Å². The highest BCUT2D eigenvalue weighted by atomic mass is 79.9. The monoisotopic (exact) mass is 431 g/mol. The van der Waals surface area contributed by atoms with Gasteiger partial charge in [0.2, 0.25) is 0 Å². The second kappa shape index (κ2) is 10.5. The summed E-state index contributed by atoms with van der Waals surface area (Å²) in [5, 5.41) is 11.6. The number of halogens is 1. The van der Waals surface area contributed by atoms with Crippen molar-refractivity contribution in [2.75, 3.05) is 0 Å². The average molecular weight is 432 g/mol. The second-order valence-corrected chi connectivity index (χ2v) is 6.16. The third-order valence-corrected chi connectivity index (χ3v) is 3.97. The lowest BCUT2D eigenvalue weighted by molar-refractivity contribution is -0.419. The van der Waals surface area contributed by atoms with Crippen LogP contribution in [0, 0.1) is 0 Å². The van der Waals surface area contributed by atoms with Crippen LogP contribution in [0.2, 0.25) is 0 Å². The molecule has 0 bridgehead atoms. The molecule has 0 aliphatic rings. The molecule has 0 amide bonds. The third-order valence-electron chi connectivity index (χ3n) is 3.97.